The van der Waals surface area contributed by atoms with E-state index in [2.05, 4.69) is 238 Å². The van der Waals surface area contributed by atoms with E-state index in [-0.39, 0.29) is 131 Å². The molecule has 0 fully saturated rings. The minimum Gasteiger partial charge on any atom is -0.559 e. The molecule has 9 aromatic carbocycles. The molecule has 513 valence electrons. The largest absolute Gasteiger partial charge is 0.559 e. The molecule has 0 amide bonds. The number of pyridine rings is 1. The summed E-state index contributed by atoms with van der Waals surface area (Å²) in [7, 11) is 0. The molecule has 5 aliphatic rings. The zero-order valence-corrected chi connectivity index (χ0v) is 67.1. The Morgan fingerprint density at radius 2 is 0.919 bits per heavy atom. The molecule has 0 saturated heterocycles. The van der Waals surface area contributed by atoms with Crippen LogP contribution in [0.25, 0.3) is 83.4 Å². The number of para-hydroxylation sites is 1. The third-order valence-corrected chi connectivity index (χ3v) is 17.2. The van der Waals surface area contributed by atoms with Crippen LogP contribution in [-0.2, 0) is 113 Å². The number of fused-ring (bicyclic) bond motifs is 6. The summed E-state index contributed by atoms with van der Waals surface area (Å²) in [6, 6.07) is 91.5. The van der Waals surface area contributed by atoms with Crippen LogP contribution in [0.2, 0.25) is 0 Å². The van der Waals surface area contributed by atoms with Crippen LogP contribution in [0.15, 0.2) is 286 Å². The summed E-state index contributed by atoms with van der Waals surface area (Å²) in [6.45, 7) is 15.3. The zero-order chi connectivity index (χ0) is 64.6. The molecule has 12 aromatic rings. The van der Waals surface area contributed by atoms with Crippen molar-refractivity contribution in [3.05, 3.63) is 355 Å². The van der Waals surface area contributed by atoms with Crippen molar-refractivity contribution in [1.82, 2.24) is 24.5 Å². The van der Waals surface area contributed by atoms with Crippen molar-refractivity contribution in [3.63, 3.8) is 0 Å². The summed E-state index contributed by atoms with van der Waals surface area (Å²) < 4.78 is 3.69. The topological polar surface area (TPSA) is 101 Å². The monoisotopic (exact) mass is 2190 g/mol. The standard InChI is InChI=1S/C19H18N2.C18H15N2.C16H14N2.C15H13N3.C15H11N2.3Ir.2Pt/c1-13-10-11-21(20-13)14-8-9-16-15-6-4-5-7-17(15)19(2,3)18(16)12-14;1-18(2)16-7-4-3-6-14(16)15-12-13(8-9-17(15)18)20-11-5-10-19-20;1-13-10-11-18(17-13)16-9-5-8-15(12-16)14-6-3-2-4-7-14;1-12-8-10-18(17-12)14-6-4-5-13(11-14)15-7-2-3-9-16-15;1-3-7-13(8-4-1)14-11-16-17(12-14)15-9-5-2-6-10-15;;;;;/h4-7,9-13H,1-3H3;3-11H,1-2H3;2-8,10-13H,1H3;2-5,7-12H,1H3;1-9,11-12H;;;;;/q-2;-1;2*-2;-1;;;;;. The third kappa shape index (κ3) is 17.8. The van der Waals surface area contributed by atoms with Crippen molar-refractivity contribution in [2.24, 2.45) is 0 Å². The molecule has 17 rings (SSSR count). The van der Waals surface area contributed by atoms with Crippen LogP contribution in [0.1, 0.15) is 70.7 Å². The summed E-state index contributed by atoms with van der Waals surface area (Å²) >= 11 is 0. The van der Waals surface area contributed by atoms with Gasteiger partial charge in [-0.15, -0.1) is 94.0 Å². The molecule has 6 heterocycles. The van der Waals surface area contributed by atoms with Crippen molar-refractivity contribution in [2.45, 2.75) is 77.4 Å². The Bertz CT molecular complexity index is 4480. The molecular weight excluding hydrogens is 2120 g/mol. The fraction of sp³-hybridized carbons (Fsp3) is 0.145. The first-order valence-electron chi connectivity index (χ1n) is 31.8. The normalized spacial score (nSPS) is 16.0. The number of hydrogen-bond donors (Lipinski definition) is 0. The Morgan fingerprint density at radius 3 is 1.48 bits per heavy atom. The van der Waals surface area contributed by atoms with Crippen molar-refractivity contribution < 1.29 is 102 Å². The number of rotatable bonds is 8. The molecule has 3 aliphatic heterocycles. The summed E-state index contributed by atoms with van der Waals surface area (Å²) in [6.07, 6.45) is 21.6. The van der Waals surface area contributed by atoms with Crippen molar-refractivity contribution in [2.75, 3.05) is 15.0 Å². The molecule has 16 heteroatoms. The Hall–Kier alpha value is -7.63. The van der Waals surface area contributed by atoms with Gasteiger partial charge in [-0.05, 0) is 75.7 Å². The summed E-state index contributed by atoms with van der Waals surface area (Å²) in [5.41, 5.74) is 35.8. The van der Waals surface area contributed by atoms with E-state index in [1.807, 2.05) is 171 Å². The Labute approximate surface area is 652 Å². The molecular formula is C83H71Ir3N11Pt2-8. The maximum Gasteiger partial charge on any atom is 0.0571 e. The van der Waals surface area contributed by atoms with Crippen LogP contribution in [0.3, 0.4) is 0 Å². The van der Waals surface area contributed by atoms with Gasteiger partial charge in [-0.3, -0.25) is 14.3 Å². The number of nitrogens with zero attached hydrogens (tertiary/aromatic N) is 11. The van der Waals surface area contributed by atoms with Gasteiger partial charge in [-0.25, -0.2) is 0 Å². The predicted molar refractivity (Wildman–Crippen MR) is 383 cm³/mol. The van der Waals surface area contributed by atoms with Crippen molar-refractivity contribution in [3.8, 4) is 67.1 Å². The van der Waals surface area contributed by atoms with E-state index in [1.165, 1.54) is 61.2 Å². The second-order valence-electron chi connectivity index (χ2n) is 24.5. The summed E-state index contributed by atoms with van der Waals surface area (Å²) in [5.74, 6) is 0. The minimum absolute atomic E-state index is 0. The quantitative estimate of drug-likeness (QED) is 0.141. The molecule has 0 N–H and O–H groups in total. The van der Waals surface area contributed by atoms with Gasteiger partial charge >= 0.3 is 0 Å². The number of hydrogen-bond acceptors (Lipinski definition) is 6. The van der Waals surface area contributed by atoms with Gasteiger partial charge < -0.3 is 31.3 Å². The number of anilines is 3. The van der Waals surface area contributed by atoms with E-state index >= 15 is 0 Å². The smallest absolute Gasteiger partial charge is 0.0571 e. The second-order valence-corrected chi connectivity index (χ2v) is 24.5. The first-order valence-corrected chi connectivity index (χ1v) is 31.8. The molecule has 3 radical (unpaired) electrons. The van der Waals surface area contributed by atoms with Gasteiger partial charge in [0, 0.05) is 138 Å². The van der Waals surface area contributed by atoms with Crippen LogP contribution in [0.4, 0.5) is 17.1 Å². The fourth-order valence-corrected chi connectivity index (χ4v) is 12.2. The van der Waals surface area contributed by atoms with E-state index in [0.29, 0.717) is 0 Å². The third-order valence-electron chi connectivity index (χ3n) is 17.2. The van der Waals surface area contributed by atoms with E-state index in [0.717, 1.165) is 45.3 Å². The Kier molecular flexibility index (Phi) is 27.4. The summed E-state index contributed by atoms with van der Waals surface area (Å²) in [5, 5.41) is 14.3. The maximum absolute atomic E-state index is 4.57. The Balaban J connectivity index is 0.000000156. The first kappa shape index (κ1) is 77.1. The maximum atomic E-state index is 4.57. The first-order chi connectivity index (χ1) is 45.8. The molecule has 99 heavy (non-hydrogen) atoms. The molecule has 3 atom stereocenters. The molecule has 11 nitrogen and oxygen atoms in total. The van der Waals surface area contributed by atoms with E-state index in [4.69, 9.17) is 0 Å². The van der Waals surface area contributed by atoms with Gasteiger partial charge in [-0.2, -0.15) is 83.0 Å². The van der Waals surface area contributed by atoms with Gasteiger partial charge in [-0.1, -0.05) is 216 Å². The van der Waals surface area contributed by atoms with E-state index < -0.39 is 0 Å². The average molecular weight is 2190 g/mol. The van der Waals surface area contributed by atoms with Crippen LogP contribution in [0, 0.1) is 30.3 Å². The van der Waals surface area contributed by atoms with Crippen LogP contribution in [0.5, 0.6) is 0 Å². The van der Waals surface area contributed by atoms with Gasteiger partial charge in [0.1, 0.15) is 0 Å². The molecule has 2 aliphatic carbocycles. The zero-order valence-electron chi connectivity index (χ0n) is 55.4. The molecule has 3 unspecified atom stereocenters. The number of benzene rings is 9. The van der Waals surface area contributed by atoms with Crippen molar-refractivity contribution in [1.29, 1.82) is 0 Å². The number of aromatic nitrogens is 5. The summed E-state index contributed by atoms with van der Waals surface area (Å²) in [4.78, 5) is 4.35. The minimum atomic E-state index is 0. The predicted octanol–water partition coefficient (Wildman–Crippen LogP) is 19.8. The fourth-order valence-electron chi connectivity index (χ4n) is 12.2. The second kappa shape index (κ2) is 35.1. The van der Waals surface area contributed by atoms with E-state index in [1.54, 1.807) is 12.4 Å². The van der Waals surface area contributed by atoms with E-state index in [9.17, 15) is 0 Å². The van der Waals surface area contributed by atoms with Crippen LogP contribution >= 0.6 is 0 Å². The van der Waals surface area contributed by atoms with Gasteiger partial charge in [0.25, 0.3) is 0 Å². The Morgan fingerprint density at radius 1 is 0.394 bits per heavy atom. The van der Waals surface area contributed by atoms with Crippen molar-refractivity contribution >= 4 is 17.1 Å². The van der Waals surface area contributed by atoms with Gasteiger partial charge in [0.2, 0.25) is 0 Å². The van der Waals surface area contributed by atoms with Crippen LogP contribution < -0.4 is 15.0 Å². The molecule has 0 spiro atoms. The molecule has 0 saturated carbocycles. The molecule has 0 bridgehead atoms. The average Bonchev–Trinajstić information content (AvgIpc) is 1.59. The SMILES string of the molecule is CC1(C)c2ccc(-n3cccn3)[c-]c2-c2ccccc21.CC1C=CN(c2[c-]cc3c(c2)C(C)(C)c2ccccc2-3)[N-]1.CC1C=CN(c2[c-]ccc(-c3ccccc3)c2)[N-]1.CC1C=CN(c2[c-]ccc(-c3ccccn3)c2)[N-]1.[Ir].[Ir].[Ir].[Pt].[Pt].[c-]1ccccc1-n1cc(-c2ccccc2)cn1. The van der Waals surface area contributed by atoms with Gasteiger partial charge in [0.05, 0.1) is 6.20 Å². The molecule has 3 aromatic heterocycles. The van der Waals surface area contributed by atoms with Crippen LogP contribution in [-0.4, -0.2) is 42.7 Å². The van der Waals surface area contributed by atoms with Gasteiger partial charge in [0.15, 0.2) is 0 Å².